The third kappa shape index (κ3) is 6.40. The lowest BCUT2D eigenvalue weighted by Gasteiger charge is -2.26. The standard InChI is InChI=1S/C16H29N3O4/c1-8(2)11(17-7)14(20)18-12(9(3)4)15(21)19-13(10(5)6)16(22)23/h8,10-13,17H,3H2,1-2,4-7H3,(H,18,20)(H,19,21)(H,22,23). The number of rotatable bonds is 9. The monoisotopic (exact) mass is 327 g/mol. The molecule has 0 bridgehead atoms. The highest BCUT2D eigenvalue weighted by molar-refractivity contribution is 5.93. The van der Waals surface area contributed by atoms with E-state index in [0.717, 1.165) is 0 Å². The predicted molar refractivity (Wildman–Crippen MR) is 88.8 cm³/mol. The molecule has 0 aromatic heterocycles. The van der Waals surface area contributed by atoms with Crippen LogP contribution in [0, 0.1) is 11.8 Å². The van der Waals surface area contributed by atoms with Crippen molar-refractivity contribution in [1.82, 2.24) is 16.0 Å². The first-order valence-electron chi connectivity index (χ1n) is 7.69. The lowest BCUT2D eigenvalue weighted by molar-refractivity contribution is -0.143. The van der Waals surface area contributed by atoms with Gasteiger partial charge in [0.2, 0.25) is 11.8 Å². The third-order valence-electron chi connectivity index (χ3n) is 3.53. The van der Waals surface area contributed by atoms with Gasteiger partial charge in [-0.15, -0.1) is 0 Å². The Labute approximate surface area is 137 Å². The van der Waals surface area contributed by atoms with E-state index < -0.39 is 30.0 Å². The van der Waals surface area contributed by atoms with Gasteiger partial charge < -0.3 is 21.1 Å². The fraction of sp³-hybridized carbons (Fsp3) is 0.688. The topological polar surface area (TPSA) is 108 Å². The van der Waals surface area contributed by atoms with Crippen LogP contribution < -0.4 is 16.0 Å². The SMILES string of the molecule is C=C(C)C(NC(=O)C(NC)C(C)C)C(=O)NC(C(=O)O)C(C)C. The van der Waals surface area contributed by atoms with Crippen molar-refractivity contribution in [2.45, 2.75) is 52.7 Å². The van der Waals surface area contributed by atoms with Gasteiger partial charge in [0.1, 0.15) is 12.1 Å². The van der Waals surface area contributed by atoms with Crippen LogP contribution in [0.15, 0.2) is 12.2 Å². The van der Waals surface area contributed by atoms with Crippen molar-refractivity contribution >= 4 is 17.8 Å². The zero-order valence-electron chi connectivity index (χ0n) is 14.8. The van der Waals surface area contributed by atoms with Crippen LogP contribution in [-0.2, 0) is 14.4 Å². The quantitative estimate of drug-likeness (QED) is 0.462. The molecular weight excluding hydrogens is 298 g/mol. The molecule has 0 saturated heterocycles. The molecule has 0 aromatic carbocycles. The summed E-state index contributed by atoms with van der Waals surface area (Å²) in [5, 5.41) is 17.1. The molecule has 132 valence electrons. The molecule has 0 fully saturated rings. The molecule has 0 rings (SSSR count). The van der Waals surface area contributed by atoms with Crippen LogP contribution >= 0.6 is 0 Å². The molecule has 23 heavy (non-hydrogen) atoms. The molecule has 0 saturated carbocycles. The third-order valence-corrected chi connectivity index (χ3v) is 3.53. The number of likely N-dealkylation sites (N-methyl/N-ethyl adjacent to an activating group) is 1. The van der Waals surface area contributed by atoms with Gasteiger partial charge in [0.25, 0.3) is 0 Å². The molecule has 2 amide bonds. The van der Waals surface area contributed by atoms with Crippen LogP contribution in [0.3, 0.4) is 0 Å². The van der Waals surface area contributed by atoms with E-state index in [2.05, 4.69) is 22.5 Å². The summed E-state index contributed by atoms with van der Waals surface area (Å²) < 4.78 is 0. The van der Waals surface area contributed by atoms with E-state index in [1.54, 1.807) is 27.8 Å². The molecule has 3 atom stereocenters. The largest absolute Gasteiger partial charge is 0.480 e. The van der Waals surface area contributed by atoms with Crippen LogP contribution in [0.1, 0.15) is 34.6 Å². The molecule has 0 aliphatic rings. The van der Waals surface area contributed by atoms with Crippen molar-refractivity contribution in [2.75, 3.05) is 7.05 Å². The highest BCUT2D eigenvalue weighted by atomic mass is 16.4. The fourth-order valence-corrected chi connectivity index (χ4v) is 2.16. The molecule has 7 nitrogen and oxygen atoms in total. The minimum atomic E-state index is -1.12. The summed E-state index contributed by atoms with van der Waals surface area (Å²) in [6.07, 6.45) is 0. The first-order chi connectivity index (χ1) is 10.5. The Hall–Kier alpha value is -1.89. The summed E-state index contributed by atoms with van der Waals surface area (Å²) in [5.74, 6) is -2.27. The van der Waals surface area contributed by atoms with Gasteiger partial charge in [0, 0.05) is 0 Å². The molecule has 0 spiro atoms. The molecule has 7 heteroatoms. The molecule has 0 radical (unpaired) electrons. The average molecular weight is 327 g/mol. The predicted octanol–water partition coefficient (Wildman–Crippen LogP) is 0.517. The molecule has 0 aliphatic heterocycles. The van der Waals surface area contributed by atoms with Crippen LogP contribution in [0.5, 0.6) is 0 Å². The van der Waals surface area contributed by atoms with E-state index in [-0.39, 0.29) is 17.7 Å². The van der Waals surface area contributed by atoms with Gasteiger partial charge in [-0.1, -0.05) is 34.3 Å². The van der Waals surface area contributed by atoms with E-state index in [9.17, 15) is 14.4 Å². The van der Waals surface area contributed by atoms with Crippen molar-refractivity contribution in [1.29, 1.82) is 0 Å². The van der Waals surface area contributed by atoms with Gasteiger partial charge in [-0.25, -0.2) is 4.79 Å². The van der Waals surface area contributed by atoms with E-state index in [1.165, 1.54) is 0 Å². The maximum absolute atomic E-state index is 12.3. The van der Waals surface area contributed by atoms with Crippen LogP contribution in [0.2, 0.25) is 0 Å². The maximum atomic E-state index is 12.3. The summed E-state index contributed by atoms with van der Waals surface area (Å²) in [5.41, 5.74) is 0.433. The van der Waals surface area contributed by atoms with Crippen molar-refractivity contribution in [3.63, 3.8) is 0 Å². The van der Waals surface area contributed by atoms with E-state index in [0.29, 0.717) is 5.57 Å². The van der Waals surface area contributed by atoms with Gasteiger partial charge in [-0.2, -0.15) is 0 Å². The Bertz CT molecular complexity index is 460. The normalized spacial score (nSPS) is 15.0. The van der Waals surface area contributed by atoms with Crippen molar-refractivity contribution in [3.05, 3.63) is 12.2 Å². The lowest BCUT2D eigenvalue weighted by atomic mass is 10.0. The molecule has 0 aromatic rings. The Balaban J connectivity index is 5.12. The number of hydrogen-bond donors (Lipinski definition) is 4. The van der Waals surface area contributed by atoms with Crippen molar-refractivity contribution < 1.29 is 19.5 Å². The number of amides is 2. The number of carbonyl (C=O) groups excluding carboxylic acids is 2. The van der Waals surface area contributed by atoms with Crippen molar-refractivity contribution in [3.8, 4) is 0 Å². The first-order valence-corrected chi connectivity index (χ1v) is 7.69. The van der Waals surface area contributed by atoms with Crippen molar-refractivity contribution in [2.24, 2.45) is 11.8 Å². The van der Waals surface area contributed by atoms with Crippen LogP contribution in [-0.4, -0.2) is 48.1 Å². The number of hydrogen-bond acceptors (Lipinski definition) is 4. The summed E-state index contributed by atoms with van der Waals surface area (Å²) >= 11 is 0. The Morgan fingerprint density at radius 2 is 1.39 bits per heavy atom. The van der Waals surface area contributed by atoms with Gasteiger partial charge in [0.05, 0.1) is 6.04 Å². The molecular formula is C16H29N3O4. The zero-order valence-corrected chi connectivity index (χ0v) is 14.8. The van der Waals surface area contributed by atoms with Crippen LogP contribution in [0.25, 0.3) is 0 Å². The smallest absolute Gasteiger partial charge is 0.326 e. The molecule has 0 aliphatic carbocycles. The number of carboxylic acids is 1. The second-order valence-corrected chi connectivity index (χ2v) is 6.37. The van der Waals surface area contributed by atoms with Gasteiger partial charge in [0.15, 0.2) is 0 Å². The molecule has 3 unspecified atom stereocenters. The highest BCUT2D eigenvalue weighted by Crippen LogP contribution is 2.07. The fourth-order valence-electron chi connectivity index (χ4n) is 2.16. The highest BCUT2D eigenvalue weighted by Gasteiger charge is 2.30. The Kier molecular flexibility index (Phi) is 8.53. The number of carbonyl (C=O) groups is 3. The lowest BCUT2D eigenvalue weighted by Crippen LogP contribution is -2.56. The summed E-state index contributed by atoms with van der Waals surface area (Å²) in [6, 6.07) is -2.45. The second kappa shape index (κ2) is 9.29. The van der Waals surface area contributed by atoms with Gasteiger partial charge in [-0.3, -0.25) is 9.59 Å². The number of carboxylic acid groups (broad SMARTS) is 1. The Morgan fingerprint density at radius 1 is 0.913 bits per heavy atom. The zero-order chi connectivity index (χ0) is 18.3. The summed E-state index contributed by atoms with van der Waals surface area (Å²) in [7, 11) is 1.67. The minimum absolute atomic E-state index is 0.0382. The van der Waals surface area contributed by atoms with E-state index in [1.807, 2.05) is 13.8 Å². The minimum Gasteiger partial charge on any atom is -0.480 e. The first kappa shape index (κ1) is 21.1. The average Bonchev–Trinajstić information content (AvgIpc) is 2.40. The molecule has 0 heterocycles. The van der Waals surface area contributed by atoms with Crippen LogP contribution in [0.4, 0.5) is 0 Å². The van der Waals surface area contributed by atoms with Gasteiger partial charge >= 0.3 is 5.97 Å². The van der Waals surface area contributed by atoms with E-state index in [4.69, 9.17) is 5.11 Å². The second-order valence-electron chi connectivity index (χ2n) is 6.37. The summed E-state index contributed by atoms with van der Waals surface area (Å²) in [6.45, 7) is 12.5. The maximum Gasteiger partial charge on any atom is 0.326 e. The Morgan fingerprint density at radius 3 is 1.70 bits per heavy atom. The number of nitrogens with one attached hydrogen (secondary N) is 3. The van der Waals surface area contributed by atoms with E-state index >= 15 is 0 Å². The molecule has 4 N–H and O–H groups in total. The number of aliphatic carboxylic acids is 1. The van der Waals surface area contributed by atoms with Gasteiger partial charge in [-0.05, 0) is 31.4 Å². The summed E-state index contributed by atoms with van der Waals surface area (Å²) in [4.78, 5) is 35.8.